The minimum absolute atomic E-state index is 0.0615. The Morgan fingerprint density at radius 1 is 1.15 bits per heavy atom. The Balaban J connectivity index is 1.93. The van der Waals surface area contributed by atoms with E-state index in [9.17, 15) is 24.8 Å². The first-order valence-electron chi connectivity index (χ1n) is 7.99. The fourth-order valence-electron chi connectivity index (χ4n) is 3.85. The van der Waals surface area contributed by atoms with Crippen molar-refractivity contribution in [3.8, 4) is 11.5 Å². The van der Waals surface area contributed by atoms with Gasteiger partial charge in [0, 0.05) is 6.07 Å². The molecule has 9 nitrogen and oxygen atoms in total. The molecule has 1 aromatic rings. The minimum atomic E-state index is -1.04. The number of amides is 1. The van der Waals surface area contributed by atoms with Gasteiger partial charge in [-0.15, -0.1) is 0 Å². The number of hydrogen-bond donors (Lipinski definition) is 2. The number of nitrogens with one attached hydrogen (secondary N) is 1. The Kier molecular flexibility index (Phi) is 4.54. The Labute approximate surface area is 148 Å². The molecule has 0 radical (unpaired) electrons. The molecule has 3 rings (SSSR count). The van der Waals surface area contributed by atoms with E-state index in [4.69, 9.17) is 9.47 Å². The maximum atomic E-state index is 12.7. The number of nitrogens with zero attached hydrogens (tertiary/aromatic N) is 1. The summed E-state index contributed by atoms with van der Waals surface area (Å²) in [4.78, 5) is 35.0. The van der Waals surface area contributed by atoms with Crippen molar-refractivity contribution in [3.05, 3.63) is 34.4 Å². The van der Waals surface area contributed by atoms with E-state index in [1.165, 1.54) is 20.3 Å². The van der Waals surface area contributed by atoms with Crippen LogP contribution in [0.4, 0.5) is 11.4 Å². The molecule has 9 heteroatoms. The van der Waals surface area contributed by atoms with Crippen LogP contribution in [0.3, 0.4) is 0 Å². The highest BCUT2D eigenvalue weighted by atomic mass is 16.6. The summed E-state index contributed by atoms with van der Waals surface area (Å²) in [6.45, 7) is 0. The van der Waals surface area contributed by atoms with Crippen LogP contribution in [0.1, 0.15) is 6.42 Å². The molecule has 138 valence electrons. The molecule has 0 spiro atoms. The standard InChI is InChI=1S/C17H18N2O7/c1-25-12-6-10(11(19(23)24)7-13(12)26-2)18-16(20)14-8-3-4-9(5-8)15(14)17(21)22/h3-4,6-9,14-15H,5H2,1-2H3,(H,18,20)(H,21,22). The van der Waals surface area contributed by atoms with E-state index in [0.29, 0.717) is 6.42 Å². The number of methoxy groups -OCH3 is 2. The van der Waals surface area contributed by atoms with Crippen molar-refractivity contribution in [1.29, 1.82) is 0 Å². The number of ether oxygens (including phenoxy) is 2. The number of aliphatic carboxylic acids is 1. The molecule has 2 aliphatic carbocycles. The third-order valence-corrected chi connectivity index (χ3v) is 5.00. The zero-order valence-corrected chi connectivity index (χ0v) is 14.2. The van der Waals surface area contributed by atoms with Crippen LogP contribution in [0, 0.1) is 33.8 Å². The fraction of sp³-hybridized carbons (Fsp3) is 0.412. The van der Waals surface area contributed by atoms with Crippen molar-refractivity contribution in [2.24, 2.45) is 23.7 Å². The molecule has 0 aliphatic heterocycles. The van der Waals surface area contributed by atoms with E-state index in [2.05, 4.69) is 5.32 Å². The maximum absolute atomic E-state index is 12.7. The molecule has 0 saturated heterocycles. The van der Waals surface area contributed by atoms with Gasteiger partial charge in [-0.1, -0.05) is 12.2 Å². The molecule has 4 atom stereocenters. The summed E-state index contributed by atoms with van der Waals surface area (Å²) in [6, 6.07) is 2.46. The lowest BCUT2D eigenvalue weighted by atomic mass is 9.82. The highest BCUT2D eigenvalue weighted by Gasteiger charge is 2.51. The number of nitro groups is 1. The number of fused-ring (bicyclic) bond motifs is 2. The second kappa shape index (κ2) is 6.66. The number of allylic oxidation sites excluding steroid dienone is 2. The number of carboxylic acid groups (broad SMARTS) is 1. The van der Waals surface area contributed by atoms with Crippen LogP contribution in [-0.4, -0.2) is 36.1 Å². The lowest BCUT2D eigenvalue weighted by molar-refractivity contribution is -0.384. The summed E-state index contributed by atoms with van der Waals surface area (Å²) < 4.78 is 10.2. The normalized spacial score (nSPS) is 25.8. The van der Waals surface area contributed by atoms with Crippen molar-refractivity contribution in [2.45, 2.75) is 6.42 Å². The van der Waals surface area contributed by atoms with Crippen LogP contribution in [-0.2, 0) is 9.59 Å². The van der Waals surface area contributed by atoms with Crippen LogP contribution in [0.15, 0.2) is 24.3 Å². The fourth-order valence-corrected chi connectivity index (χ4v) is 3.85. The predicted octanol–water partition coefficient (Wildman–Crippen LogP) is 2.07. The molecule has 0 heterocycles. The Bertz CT molecular complexity index is 805. The van der Waals surface area contributed by atoms with Gasteiger partial charge in [-0.2, -0.15) is 0 Å². The van der Waals surface area contributed by atoms with Gasteiger partial charge >= 0.3 is 5.97 Å². The molecule has 1 saturated carbocycles. The van der Waals surface area contributed by atoms with Crippen LogP contribution in [0.2, 0.25) is 0 Å². The first kappa shape index (κ1) is 17.7. The average molecular weight is 362 g/mol. The van der Waals surface area contributed by atoms with E-state index in [0.717, 1.165) is 6.07 Å². The maximum Gasteiger partial charge on any atom is 0.307 e. The molecule has 26 heavy (non-hydrogen) atoms. The quantitative estimate of drug-likeness (QED) is 0.450. The van der Waals surface area contributed by atoms with Crippen LogP contribution >= 0.6 is 0 Å². The first-order valence-corrected chi connectivity index (χ1v) is 7.99. The van der Waals surface area contributed by atoms with Gasteiger partial charge in [0.15, 0.2) is 11.5 Å². The van der Waals surface area contributed by atoms with E-state index in [1.54, 1.807) is 0 Å². The highest BCUT2D eigenvalue weighted by Crippen LogP contribution is 2.49. The molecular formula is C17H18N2O7. The molecule has 1 aromatic carbocycles. The van der Waals surface area contributed by atoms with E-state index < -0.39 is 28.6 Å². The summed E-state index contributed by atoms with van der Waals surface area (Å²) in [5.74, 6) is -3.18. The summed E-state index contributed by atoms with van der Waals surface area (Å²) in [5.41, 5.74) is -0.421. The number of carbonyl (C=O) groups excluding carboxylic acids is 1. The summed E-state index contributed by atoms with van der Waals surface area (Å²) in [7, 11) is 2.72. The molecule has 0 aromatic heterocycles. The molecule has 4 unspecified atom stereocenters. The van der Waals surface area contributed by atoms with E-state index in [1.807, 2.05) is 12.2 Å². The first-order chi connectivity index (χ1) is 12.4. The molecule has 2 bridgehead atoms. The van der Waals surface area contributed by atoms with Crippen LogP contribution < -0.4 is 14.8 Å². The number of benzene rings is 1. The van der Waals surface area contributed by atoms with Crippen molar-refractivity contribution in [1.82, 2.24) is 0 Å². The highest BCUT2D eigenvalue weighted by molar-refractivity contribution is 5.98. The second-order valence-corrected chi connectivity index (χ2v) is 6.31. The van der Waals surface area contributed by atoms with Gasteiger partial charge in [0.1, 0.15) is 5.69 Å². The Hall–Kier alpha value is -3.10. The third-order valence-electron chi connectivity index (χ3n) is 5.00. The smallest absolute Gasteiger partial charge is 0.307 e. The predicted molar refractivity (Wildman–Crippen MR) is 90.2 cm³/mol. The number of anilines is 1. The Morgan fingerprint density at radius 3 is 2.27 bits per heavy atom. The number of nitro benzene ring substituents is 1. The van der Waals surface area contributed by atoms with Gasteiger partial charge < -0.3 is 19.9 Å². The SMILES string of the molecule is COc1cc(NC(=O)C2C3C=CC(C3)C2C(=O)O)c([N+](=O)[O-])cc1OC. The number of carbonyl (C=O) groups is 2. The van der Waals surface area contributed by atoms with Gasteiger partial charge in [-0.3, -0.25) is 19.7 Å². The van der Waals surface area contributed by atoms with Gasteiger partial charge in [-0.25, -0.2) is 0 Å². The zero-order valence-electron chi connectivity index (χ0n) is 14.2. The van der Waals surface area contributed by atoms with Gasteiger partial charge in [0.25, 0.3) is 5.69 Å². The topological polar surface area (TPSA) is 128 Å². The van der Waals surface area contributed by atoms with Crippen molar-refractivity contribution < 1.29 is 29.1 Å². The van der Waals surface area contributed by atoms with Crippen molar-refractivity contribution >= 4 is 23.3 Å². The van der Waals surface area contributed by atoms with Gasteiger partial charge in [0.05, 0.1) is 37.0 Å². The number of rotatable bonds is 6. The Morgan fingerprint density at radius 2 is 1.73 bits per heavy atom. The molecule has 2 N–H and O–H groups in total. The summed E-state index contributed by atoms with van der Waals surface area (Å²) in [5, 5.41) is 23.3. The van der Waals surface area contributed by atoms with Gasteiger partial charge in [-0.05, 0) is 18.3 Å². The summed E-state index contributed by atoms with van der Waals surface area (Å²) in [6.07, 6.45) is 4.27. The number of hydrogen-bond acceptors (Lipinski definition) is 6. The lowest BCUT2D eigenvalue weighted by Crippen LogP contribution is -2.36. The van der Waals surface area contributed by atoms with E-state index >= 15 is 0 Å². The molecule has 1 fully saturated rings. The molecule has 1 amide bonds. The van der Waals surface area contributed by atoms with Crippen LogP contribution in [0.5, 0.6) is 11.5 Å². The lowest BCUT2D eigenvalue weighted by Gasteiger charge is -2.24. The number of carboxylic acids is 1. The molecular weight excluding hydrogens is 344 g/mol. The summed E-state index contributed by atoms with van der Waals surface area (Å²) >= 11 is 0. The van der Waals surface area contributed by atoms with Crippen molar-refractivity contribution in [2.75, 3.05) is 19.5 Å². The zero-order chi connectivity index (χ0) is 19.0. The largest absolute Gasteiger partial charge is 0.493 e. The third kappa shape index (κ3) is 2.85. The van der Waals surface area contributed by atoms with Crippen LogP contribution in [0.25, 0.3) is 0 Å². The average Bonchev–Trinajstić information content (AvgIpc) is 3.22. The minimum Gasteiger partial charge on any atom is -0.493 e. The monoisotopic (exact) mass is 362 g/mol. The molecule has 2 aliphatic rings. The van der Waals surface area contributed by atoms with Gasteiger partial charge in [0.2, 0.25) is 5.91 Å². The van der Waals surface area contributed by atoms with E-state index in [-0.39, 0.29) is 34.7 Å². The van der Waals surface area contributed by atoms with Crippen molar-refractivity contribution in [3.63, 3.8) is 0 Å². The second-order valence-electron chi connectivity index (χ2n) is 6.31.